The Hall–Kier alpha value is -3.76. The van der Waals surface area contributed by atoms with Crippen molar-refractivity contribution in [1.29, 1.82) is 0 Å². The number of fused-ring (bicyclic) bond motifs is 1. The second-order valence-corrected chi connectivity index (χ2v) is 7.86. The van der Waals surface area contributed by atoms with E-state index < -0.39 is 0 Å². The van der Waals surface area contributed by atoms with E-state index in [-0.39, 0.29) is 23.7 Å². The van der Waals surface area contributed by atoms with Gasteiger partial charge in [-0.2, -0.15) is 4.98 Å². The number of hydrogen-bond acceptors (Lipinski definition) is 9. The molecule has 2 heterocycles. The minimum absolute atomic E-state index is 0.140. The van der Waals surface area contributed by atoms with Crippen LogP contribution in [0.4, 0.5) is 11.8 Å². The highest BCUT2D eigenvalue weighted by molar-refractivity contribution is 5.95. The summed E-state index contributed by atoms with van der Waals surface area (Å²) in [6.07, 6.45) is 1.59. The zero-order valence-corrected chi connectivity index (χ0v) is 18.4. The predicted molar refractivity (Wildman–Crippen MR) is 126 cm³/mol. The van der Waals surface area contributed by atoms with Crippen molar-refractivity contribution < 1.29 is 14.3 Å². The molecular formula is C23H27N7O3. The number of piperidine rings is 1. The normalized spacial score (nSPS) is 16.4. The van der Waals surface area contributed by atoms with Crippen molar-refractivity contribution in [3.63, 3.8) is 0 Å². The van der Waals surface area contributed by atoms with Gasteiger partial charge in [0.1, 0.15) is 0 Å². The molecule has 172 valence electrons. The van der Waals surface area contributed by atoms with Crippen molar-refractivity contribution in [2.75, 3.05) is 30.9 Å². The smallest absolute Gasteiger partial charge is 0.310 e. The number of nitrogens with zero attached hydrogens (tertiary/aromatic N) is 3. The number of hydrazine groups is 2. The zero-order valence-electron chi connectivity index (χ0n) is 18.4. The lowest BCUT2D eigenvalue weighted by atomic mass is 9.99. The molecular weight excluding hydrogens is 422 g/mol. The van der Waals surface area contributed by atoms with Gasteiger partial charge in [-0.1, -0.05) is 18.2 Å². The quantitative estimate of drug-likeness (QED) is 0.252. The summed E-state index contributed by atoms with van der Waals surface area (Å²) >= 11 is 0. The molecule has 1 saturated heterocycles. The minimum atomic E-state index is -0.221. The standard InChI is InChI=1S/C23H27N7O3/c1-2-33-22(32)17-4-3-11-30(13-17)29-21(31)15-7-5-14(6-8-15)16-9-10-19-18(12-16)20(28-25)27-23(24)26-19/h5-10,12,17H,2-4,11,13,25H2,1H3,(H,29,31)(H3,24,26,27,28). The van der Waals surface area contributed by atoms with E-state index >= 15 is 0 Å². The number of amides is 1. The number of carbonyl (C=O) groups is 2. The van der Waals surface area contributed by atoms with Gasteiger partial charge in [-0.3, -0.25) is 15.0 Å². The summed E-state index contributed by atoms with van der Waals surface area (Å²) in [7, 11) is 0. The van der Waals surface area contributed by atoms with Crippen molar-refractivity contribution in [3.8, 4) is 11.1 Å². The summed E-state index contributed by atoms with van der Waals surface area (Å²) in [5.41, 5.74) is 14.2. The Morgan fingerprint density at radius 3 is 2.64 bits per heavy atom. The molecule has 1 atom stereocenters. The third kappa shape index (κ3) is 5.02. The first-order chi connectivity index (χ1) is 16.0. The third-order valence-corrected chi connectivity index (χ3v) is 5.63. The first-order valence-corrected chi connectivity index (χ1v) is 10.9. The molecule has 6 N–H and O–H groups in total. The summed E-state index contributed by atoms with van der Waals surface area (Å²) in [6, 6.07) is 13.0. The molecule has 10 nitrogen and oxygen atoms in total. The van der Waals surface area contributed by atoms with Gasteiger partial charge >= 0.3 is 5.97 Å². The fourth-order valence-electron chi connectivity index (χ4n) is 3.99. The lowest BCUT2D eigenvalue weighted by molar-refractivity contribution is -0.150. The van der Waals surface area contributed by atoms with Crippen molar-refractivity contribution >= 4 is 34.5 Å². The summed E-state index contributed by atoms with van der Waals surface area (Å²) < 4.78 is 5.12. The maximum Gasteiger partial charge on any atom is 0.310 e. The van der Waals surface area contributed by atoms with E-state index in [0.717, 1.165) is 29.4 Å². The van der Waals surface area contributed by atoms with Crippen molar-refractivity contribution in [3.05, 3.63) is 48.0 Å². The first-order valence-electron chi connectivity index (χ1n) is 10.9. The molecule has 0 radical (unpaired) electrons. The number of nitrogens with one attached hydrogen (secondary N) is 2. The number of anilines is 2. The lowest BCUT2D eigenvalue weighted by Gasteiger charge is -2.31. The van der Waals surface area contributed by atoms with E-state index in [1.165, 1.54) is 0 Å². The average molecular weight is 450 g/mol. The van der Waals surface area contributed by atoms with E-state index in [2.05, 4.69) is 20.8 Å². The van der Waals surface area contributed by atoms with Gasteiger partial charge in [0.25, 0.3) is 5.91 Å². The van der Waals surface area contributed by atoms with E-state index in [9.17, 15) is 9.59 Å². The van der Waals surface area contributed by atoms with Crippen LogP contribution in [-0.4, -0.2) is 46.5 Å². The number of carbonyl (C=O) groups excluding carboxylic acids is 2. The van der Waals surface area contributed by atoms with Crippen LogP contribution in [0, 0.1) is 5.92 Å². The summed E-state index contributed by atoms with van der Waals surface area (Å²) in [4.78, 5) is 33.1. The van der Waals surface area contributed by atoms with Crippen LogP contribution in [0.15, 0.2) is 42.5 Å². The number of benzene rings is 2. The van der Waals surface area contributed by atoms with Crippen LogP contribution in [0.5, 0.6) is 0 Å². The highest BCUT2D eigenvalue weighted by Crippen LogP contribution is 2.28. The molecule has 1 amide bonds. The van der Waals surface area contributed by atoms with Crippen LogP contribution < -0.4 is 22.4 Å². The number of ether oxygens (including phenoxy) is 1. The Kier molecular flexibility index (Phi) is 6.66. The number of esters is 1. The molecule has 1 aliphatic heterocycles. The van der Waals surface area contributed by atoms with Crippen LogP contribution in [0.1, 0.15) is 30.1 Å². The maximum absolute atomic E-state index is 12.7. The van der Waals surface area contributed by atoms with Gasteiger partial charge in [0.05, 0.1) is 18.0 Å². The van der Waals surface area contributed by atoms with Gasteiger partial charge in [-0.15, -0.1) is 0 Å². The minimum Gasteiger partial charge on any atom is -0.466 e. The second-order valence-electron chi connectivity index (χ2n) is 7.86. The highest BCUT2D eigenvalue weighted by Gasteiger charge is 2.27. The van der Waals surface area contributed by atoms with Crippen LogP contribution in [0.3, 0.4) is 0 Å². The van der Waals surface area contributed by atoms with Gasteiger partial charge in [0.15, 0.2) is 5.82 Å². The fraction of sp³-hybridized carbons (Fsp3) is 0.304. The molecule has 0 spiro atoms. The first kappa shape index (κ1) is 22.4. The molecule has 1 aliphatic rings. The topological polar surface area (TPSA) is 148 Å². The largest absolute Gasteiger partial charge is 0.466 e. The van der Waals surface area contributed by atoms with Crippen LogP contribution in [0.2, 0.25) is 0 Å². The molecule has 0 aliphatic carbocycles. The molecule has 0 bridgehead atoms. The Labute approximate surface area is 191 Å². The molecule has 10 heteroatoms. The Balaban J connectivity index is 1.46. The zero-order chi connectivity index (χ0) is 23.4. The fourth-order valence-corrected chi connectivity index (χ4v) is 3.99. The molecule has 1 aromatic heterocycles. The van der Waals surface area contributed by atoms with E-state index in [1.54, 1.807) is 24.1 Å². The van der Waals surface area contributed by atoms with E-state index in [1.807, 2.05) is 30.3 Å². The van der Waals surface area contributed by atoms with Gasteiger partial charge in [-0.05, 0) is 55.2 Å². The highest BCUT2D eigenvalue weighted by atomic mass is 16.5. The van der Waals surface area contributed by atoms with Crippen LogP contribution in [0.25, 0.3) is 22.0 Å². The molecule has 3 aromatic rings. The summed E-state index contributed by atoms with van der Waals surface area (Å²) in [6.45, 7) is 3.29. The predicted octanol–water partition coefficient (Wildman–Crippen LogP) is 2.08. The monoisotopic (exact) mass is 449 g/mol. The number of nitrogen functional groups attached to an aromatic ring is 2. The average Bonchev–Trinajstić information content (AvgIpc) is 2.83. The summed E-state index contributed by atoms with van der Waals surface area (Å²) in [5.74, 6) is 5.50. The maximum atomic E-state index is 12.7. The number of rotatable bonds is 6. The molecule has 0 saturated carbocycles. The van der Waals surface area contributed by atoms with Crippen molar-refractivity contribution in [1.82, 2.24) is 20.4 Å². The SMILES string of the molecule is CCOC(=O)C1CCCN(NC(=O)c2ccc(-c3ccc4nc(N)nc(NN)c4c3)cc2)C1. The second kappa shape index (κ2) is 9.80. The third-order valence-electron chi connectivity index (χ3n) is 5.63. The van der Waals surface area contributed by atoms with Gasteiger partial charge < -0.3 is 15.9 Å². The van der Waals surface area contributed by atoms with Gasteiger partial charge in [0.2, 0.25) is 5.95 Å². The van der Waals surface area contributed by atoms with Crippen LogP contribution >= 0.6 is 0 Å². The molecule has 33 heavy (non-hydrogen) atoms. The number of nitrogens with two attached hydrogens (primary N) is 2. The molecule has 2 aromatic carbocycles. The molecule has 1 fully saturated rings. The van der Waals surface area contributed by atoms with Crippen molar-refractivity contribution in [2.45, 2.75) is 19.8 Å². The number of aromatic nitrogens is 2. The Bertz CT molecular complexity index is 1170. The molecule has 4 rings (SSSR count). The van der Waals surface area contributed by atoms with Gasteiger partial charge in [-0.25, -0.2) is 15.8 Å². The number of hydrogen-bond donors (Lipinski definition) is 4. The van der Waals surface area contributed by atoms with E-state index in [4.69, 9.17) is 16.3 Å². The summed E-state index contributed by atoms with van der Waals surface area (Å²) in [5, 5.41) is 2.53. The van der Waals surface area contributed by atoms with Crippen LogP contribution in [-0.2, 0) is 9.53 Å². The van der Waals surface area contributed by atoms with E-state index in [0.29, 0.717) is 36.6 Å². The Morgan fingerprint density at radius 1 is 1.15 bits per heavy atom. The van der Waals surface area contributed by atoms with Crippen molar-refractivity contribution in [2.24, 2.45) is 11.8 Å². The lowest BCUT2D eigenvalue weighted by Crippen LogP contribution is -2.49. The molecule has 1 unspecified atom stereocenters. The Morgan fingerprint density at radius 2 is 1.91 bits per heavy atom. The van der Waals surface area contributed by atoms with Gasteiger partial charge in [0, 0.05) is 24.0 Å².